The number of hydrogen-bond acceptors (Lipinski definition) is 5. The maximum Gasteiger partial charge on any atom is 0.318 e. The maximum absolute atomic E-state index is 5.87. The molecule has 1 aromatic rings. The van der Waals surface area contributed by atoms with E-state index in [1.165, 1.54) is 0 Å². The van der Waals surface area contributed by atoms with Crippen LogP contribution in [-0.2, 0) is 12.1 Å². The summed E-state index contributed by atoms with van der Waals surface area (Å²) < 4.78 is 5.03. The lowest BCUT2D eigenvalue weighted by Gasteiger charge is -2.27. The number of nitrogens with two attached hydrogens (primary N) is 1. The quantitative estimate of drug-likeness (QED) is 0.737. The number of aromatic nitrogens is 2. The van der Waals surface area contributed by atoms with Gasteiger partial charge in [-0.2, -0.15) is 9.97 Å². The molecule has 1 aromatic heterocycles. The Labute approximate surface area is 89.3 Å². The molecule has 82 valence electrons. The van der Waals surface area contributed by atoms with E-state index in [0.717, 1.165) is 17.8 Å². The van der Waals surface area contributed by atoms with E-state index >= 15 is 0 Å². The number of fused-ring (bicyclic) bond motifs is 1. The molecule has 2 N–H and O–H groups in total. The fraction of sp³-hybridized carbons (Fsp3) is 0.600. The first-order chi connectivity index (χ1) is 6.96. The van der Waals surface area contributed by atoms with Crippen LogP contribution in [0.25, 0.3) is 0 Å². The second kappa shape index (κ2) is 3.06. The Kier molecular flexibility index (Phi) is 2.08. The third-order valence-corrected chi connectivity index (χ3v) is 3.13. The summed E-state index contributed by atoms with van der Waals surface area (Å²) in [5.74, 6) is 0.522. The minimum Gasteiger partial charge on any atom is -0.467 e. The Bertz CT molecular complexity index is 403. The number of anilines is 1. The molecule has 0 unspecified atom stereocenters. The molecule has 0 spiro atoms. The summed E-state index contributed by atoms with van der Waals surface area (Å²) in [7, 11) is 3.60. The molecule has 0 fully saturated rings. The summed E-state index contributed by atoms with van der Waals surface area (Å²) in [6.07, 6.45) is 0. The topological polar surface area (TPSA) is 64.3 Å². The van der Waals surface area contributed by atoms with Crippen LogP contribution in [0.5, 0.6) is 6.01 Å². The lowest BCUT2D eigenvalue weighted by atomic mass is 10.0. The predicted molar refractivity (Wildman–Crippen MR) is 57.5 cm³/mol. The molecule has 15 heavy (non-hydrogen) atoms. The van der Waals surface area contributed by atoms with Crippen LogP contribution >= 0.6 is 0 Å². The average Bonchev–Trinajstić information content (AvgIpc) is 2.41. The molecule has 0 atom stereocenters. The van der Waals surface area contributed by atoms with Crippen LogP contribution in [0.15, 0.2) is 0 Å². The number of nitrogen functional groups attached to an aromatic ring is 1. The SMILES string of the molecule is COc1nc(N)c2c(n1)C(C)(C)N(C)C2. The van der Waals surface area contributed by atoms with Crippen molar-refractivity contribution < 1.29 is 4.74 Å². The number of methoxy groups -OCH3 is 1. The van der Waals surface area contributed by atoms with E-state index in [4.69, 9.17) is 10.5 Å². The molecule has 0 aliphatic carbocycles. The summed E-state index contributed by atoms with van der Waals surface area (Å²) in [6, 6.07) is 0.342. The van der Waals surface area contributed by atoms with Crippen molar-refractivity contribution in [1.82, 2.24) is 14.9 Å². The standard InChI is InChI=1S/C10H16N4O/c1-10(2)7-6(5-14(10)3)8(11)13-9(12-7)15-4/h5H2,1-4H3,(H2,11,12,13). The fourth-order valence-electron chi connectivity index (χ4n) is 1.85. The van der Waals surface area contributed by atoms with Crippen molar-refractivity contribution in [3.63, 3.8) is 0 Å². The van der Waals surface area contributed by atoms with E-state index in [1.54, 1.807) is 7.11 Å². The second-order valence-corrected chi connectivity index (χ2v) is 4.34. The molecule has 5 nitrogen and oxygen atoms in total. The molecule has 1 aliphatic heterocycles. The molecular weight excluding hydrogens is 192 g/mol. The van der Waals surface area contributed by atoms with Gasteiger partial charge < -0.3 is 10.5 Å². The smallest absolute Gasteiger partial charge is 0.318 e. The van der Waals surface area contributed by atoms with Crippen molar-refractivity contribution in [2.75, 3.05) is 19.9 Å². The fourth-order valence-corrected chi connectivity index (χ4v) is 1.85. The molecule has 0 bridgehead atoms. The summed E-state index contributed by atoms with van der Waals surface area (Å²) in [5, 5.41) is 0. The van der Waals surface area contributed by atoms with Crippen molar-refractivity contribution in [3.05, 3.63) is 11.3 Å². The zero-order valence-corrected chi connectivity index (χ0v) is 9.53. The van der Waals surface area contributed by atoms with Gasteiger partial charge in [0.2, 0.25) is 0 Å². The number of hydrogen-bond donors (Lipinski definition) is 1. The van der Waals surface area contributed by atoms with Crippen LogP contribution in [0.2, 0.25) is 0 Å². The normalized spacial score (nSPS) is 18.9. The van der Waals surface area contributed by atoms with E-state index in [0.29, 0.717) is 11.8 Å². The monoisotopic (exact) mass is 208 g/mol. The van der Waals surface area contributed by atoms with Crippen molar-refractivity contribution in [1.29, 1.82) is 0 Å². The molecule has 5 heteroatoms. The van der Waals surface area contributed by atoms with Crippen LogP contribution in [0, 0.1) is 0 Å². The van der Waals surface area contributed by atoms with Gasteiger partial charge in [0, 0.05) is 12.1 Å². The van der Waals surface area contributed by atoms with Crippen LogP contribution in [0.4, 0.5) is 5.82 Å². The summed E-state index contributed by atoms with van der Waals surface area (Å²) >= 11 is 0. The van der Waals surface area contributed by atoms with E-state index in [1.807, 2.05) is 7.05 Å². The van der Waals surface area contributed by atoms with Gasteiger partial charge in [0.15, 0.2) is 0 Å². The lowest BCUT2D eigenvalue weighted by molar-refractivity contribution is 0.174. The molecule has 0 amide bonds. The summed E-state index contributed by atoms with van der Waals surface area (Å²) in [5.41, 5.74) is 7.75. The first kappa shape index (κ1) is 10.2. The third kappa shape index (κ3) is 1.34. The van der Waals surface area contributed by atoms with Gasteiger partial charge in [-0.05, 0) is 20.9 Å². The predicted octanol–water partition coefficient (Wildman–Crippen LogP) is 0.748. The van der Waals surface area contributed by atoms with Crippen molar-refractivity contribution >= 4 is 5.82 Å². The van der Waals surface area contributed by atoms with Gasteiger partial charge in [0.1, 0.15) is 5.82 Å². The molecule has 0 radical (unpaired) electrons. The van der Waals surface area contributed by atoms with Gasteiger partial charge in [-0.25, -0.2) is 0 Å². The zero-order valence-electron chi connectivity index (χ0n) is 9.53. The Morgan fingerprint density at radius 3 is 2.67 bits per heavy atom. The van der Waals surface area contributed by atoms with E-state index < -0.39 is 0 Å². The summed E-state index contributed by atoms with van der Waals surface area (Å²) in [4.78, 5) is 10.7. The minimum absolute atomic E-state index is 0.111. The van der Waals surface area contributed by atoms with E-state index in [9.17, 15) is 0 Å². The van der Waals surface area contributed by atoms with Gasteiger partial charge in [-0.15, -0.1) is 0 Å². The van der Waals surface area contributed by atoms with Crippen LogP contribution < -0.4 is 10.5 Å². The molecule has 1 aliphatic rings. The summed E-state index contributed by atoms with van der Waals surface area (Å²) in [6.45, 7) is 5.02. The van der Waals surface area contributed by atoms with E-state index in [-0.39, 0.29) is 5.54 Å². The zero-order chi connectivity index (χ0) is 11.2. The highest BCUT2D eigenvalue weighted by Crippen LogP contribution is 2.38. The maximum atomic E-state index is 5.87. The van der Waals surface area contributed by atoms with Crippen molar-refractivity contribution in [2.24, 2.45) is 0 Å². The Balaban J connectivity index is 2.60. The van der Waals surface area contributed by atoms with Crippen LogP contribution in [0.1, 0.15) is 25.1 Å². The Hall–Kier alpha value is -1.36. The van der Waals surface area contributed by atoms with Gasteiger partial charge in [0.25, 0.3) is 0 Å². The number of ether oxygens (including phenoxy) is 1. The third-order valence-electron chi connectivity index (χ3n) is 3.13. The van der Waals surface area contributed by atoms with Crippen LogP contribution in [-0.4, -0.2) is 29.0 Å². The highest BCUT2D eigenvalue weighted by Gasteiger charge is 2.38. The van der Waals surface area contributed by atoms with Crippen molar-refractivity contribution in [2.45, 2.75) is 25.9 Å². The second-order valence-electron chi connectivity index (χ2n) is 4.34. The molecule has 2 heterocycles. The number of nitrogens with zero attached hydrogens (tertiary/aromatic N) is 3. The molecule has 0 saturated carbocycles. The van der Waals surface area contributed by atoms with Crippen molar-refractivity contribution in [3.8, 4) is 6.01 Å². The minimum atomic E-state index is -0.111. The van der Waals surface area contributed by atoms with Gasteiger partial charge in [-0.3, -0.25) is 4.90 Å². The van der Waals surface area contributed by atoms with Gasteiger partial charge >= 0.3 is 6.01 Å². The molecular formula is C10H16N4O. The first-order valence-corrected chi connectivity index (χ1v) is 4.89. The van der Waals surface area contributed by atoms with Gasteiger partial charge in [-0.1, -0.05) is 0 Å². The lowest BCUT2D eigenvalue weighted by Crippen LogP contribution is -2.32. The first-order valence-electron chi connectivity index (χ1n) is 4.89. The molecule has 0 aromatic carbocycles. The average molecular weight is 208 g/mol. The largest absolute Gasteiger partial charge is 0.467 e. The van der Waals surface area contributed by atoms with E-state index in [2.05, 4.69) is 28.7 Å². The highest BCUT2D eigenvalue weighted by atomic mass is 16.5. The molecule has 0 saturated heterocycles. The number of rotatable bonds is 1. The van der Waals surface area contributed by atoms with Gasteiger partial charge in [0.05, 0.1) is 18.3 Å². The molecule has 2 rings (SSSR count). The van der Waals surface area contributed by atoms with Crippen LogP contribution in [0.3, 0.4) is 0 Å². The highest BCUT2D eigenvalue weighted by molar-refractivity contribution is 5.48. The Morgan fingerprint density at radius 2 is 2.07 bits per heavy atom. The Morgan fingerprint density at radius 1 is 1.40 bits per heavy atom.